The van der Waals surface area contributed by atoms with Crippen LogP contribution >= 0.6 is 0 Å². The molecule has 2 aliphatic rings. The summed E-state index contributed by atoms with van der Waals surface area (Å²) in [5.74, 6) is -1.21. The molecule has 0 aliphatic carbocycles. The van der Waals surface area contributed by atoms with Gasteiger partial charge >= 0.3 is 0 Å². The summed E-state index contributed by atoms with van der Waals surface area (Å²) < 4.78 is 25.7. The first kappa shape index (κ1) is 16.4. The Labute approximate surface area is 139 Å². The highest BCUT2D eigenvalue weighted by molar-refractivity contribution is 7.92. The van der Waals surface area contributed by atoms with E-state index in [1.807, 2.05) is 0 Å². The molecule has 3 amide bonds. The first-order valence-corrected chi connectivity index (χ1v) is 9.24. The molecular formula is C15H17N3O5S. The van der Waals surface area contributed by atoms with E-state index in [0.717, 1.165) is 5.56 Å². The molecule has 0 saturated carbocycles. The molecule has 0 bridgehead atoms. The van der Waals surface area contributed by atoms with Gasteiger partial charge in [0.05, 0.1) is 5.75 Å². The molecule has 2 heterocycles. The summed E-state index contributed by atoms with van der Waals surface area (Å²) in [7, 11) is -3.43. The third-order valence-corrected chi connectivity index (χ3v) is 5.49. The number of nitrogens with zero attached hydrogens (tertiary/aromatic N) is 1. The Hall–Kier alpha value is -2.42. The van der Waals surface area contributed by atoms with Crippen molar-refractivity contribution >= 4 is 33.4 Å². The van der Waals surface area contributed by atoms with Crippen molar-refractivity contribution in [1.82, 2.24) is 10.2 Å². The Morgan fingerprint density at radius 1 is 1.29 bits per heavy atom. The minimum atomic E-state index is -3.43. The average Bonchev–Trinajstić information content (AvgIpc) is 2.84. The number of nitrogens with one attached hydrogen (secondary N) is 2. The smallest absolute Gasteiger partial charge is 0.255 e. The summed E-state index contributed by atoms with van der Waals surface area (Å²) in [5.41, 5.74) is 1.41. The number of carbonyl (C=O) groups excluding carboxylic acids is 3. The highest BCUT2D eigenvalue weighted by Crippen LogP contribution is 2.29. The lowest BCUT2D eigenvalue weighted by Gasteiger charge is -2.29. The molecule has 1 atom stereocenters. The fraction of sp³-hybridized carbons (Fsp3) is 0.400. The maximum absolute atomic E-state index is 12.6. The van der Waals surface area contributed by atoms with E-state index in [2.05, 4.69) is 10.0 Å². The van der Waals surface area contributed by atoms with Gasteiger partial charge in [-0.25, -0.2) is 8.42 Å². The van der Waals surface area contributed by atoms with E-state index in [1.54, 1.807) is 12.1 Å². The highest BCUT2D eigenvalue weighted by atomic mass is 32.2. The monoisotopic (exact) mass is 351 g/mol. The predicted octanol–water partition coefficient (Wildman–Crippen LogP) is 0.209. The van der Waals surface area contributed by atoms with Crippen LogP contribution in [0.15, 0.2) is 18.2 Å². The van der Waals surface area contributed by atoms with Crippen LogP contribution in [0.5, 0.6) is 0 Å². The summed E-state index contributed by atoms with van der Waals surface area (Å²) in [4.78, 5) is 37.2. The number of imide groups is 1. The minimum Gasteiger partial charge on any atom is -0.322 e. The molecule has 9 heteroatoms. The molecule has 24 heavy (non-hydrogen) atoms. The lowest BCUT2D eigenvalue weighted by Crippen LogP contribution is -2.52. The van der Waals surface area contributed by atoms with Gasteiger partial charge in [-0.1, -0.05) is 6.07 Å². The van der Waals surface area contributed by atoms with Crippen LogP contribution in [0.4, 0.5) is 5.69 Å². The third-order valence-electron chi connectivity index (χ3n) is 4.18. The lowest BCUT2D eigenvalue weighted by molar-refractivity contribution is -0.136. The van der Waals surface area contributed by atoms with Crippen LogP contribution in [0.2, 0.25) is 0 Å². The van der Waals surface area contributed by atoms with Gasteiger partial charge in [-0.15, -0.1) is 0 Å². The van der Waals surface area contributed by atoms with Crippen molar-refractivity contribution in [3.63, 3.8) is 0 Å². The molecule has 128 valence electrons. The quantitative estimate of drug-likeness (QED) is 0.753. The number of carbonyl (C=O) groups is 3. The van der Waals surface area contributed by atoms with Crippen LogP contribution in [0.25, 0.3) is 0 Å². The average molecular weight is 351 g/mol. The van der Waals surface area contributed by atoms with E-state index in [0.29, 0.717) is 17.7 Å². The normalized spacial score (nSPS) is 20.8. The second kappa shape index (κ2) is 5.90. The molecule has 1 unspecified atom stereocenters. The van der Waals surface area contributed by atoms with Crippen molar-refractivity contribution in [3.05, 3.63) is 29.3 Å². The molecule has 1 aromatic rings. The number of fused-ring (bicyclic) bond motifs is 1. The van der Waals surface area contributed by atoms with Gasteiger partial charge in [-0.3, -0.25) is 24.4 Å². The van der Waals surface area contributed by atoms with Gasteiger partial charge in [0, 0.05) is 24.2 Å². The van der Waals surface area contributed by atoms with Crippen LogP contribution in [-0.2, 0) is 26.2 Å². The number of anilines is 1. The Balaban J connectivity index is 1.83. The van der Waals surface area contributed by atoms with Gasteiger partial charge in [0.15, 0.2) is 0 Å². The summed E-state index contributed by atoms with van der Waals surface area (Å²) in [6.45, 7) is 1.78. The Morgan fingerprint density at radius 3 is 2.71 bits per heavy atom. The lowest BCUT2D eigenvalue weighted by atomic mass is 10.0. The van der Waals surface area contributed by atoms with Crippen molar-refractivity contribution in [2.24, 2.45) is 0 Å². The first-order valence-electron chi connectivity index (χ1n) is 7.59. The van der Waals surface area contributed by atoms with E-state index in [-0.39, 0.29) is 30.5 Å². The molecule has 3 rings (SSSR count). The number of piperidine rings is 1. The minimum absolute atomic E-state index is 0.0690. The summed E-state index contributed by atoms with van der Waals surface area (Å²) >= 11 is 0. The molecular weight excluding hydrogens is 334 g/mol. The molecule has 0 spiro atoms. The van der Waals surface area contributed by atoms with E-state index < -0.39 is 22.0 Å². The largest absolute Gasteiger partial charge is 0.322 e. The molecule has 0 aromatic heterocycles. The third kappa shape index (κ3) is 2.99. The van der Waals surface area contributed by atoms with E-state index in [4.69, 9.17) is 0 Å². The molecule has 8 nitrogen and oxygen atoms in total. The van der Waals surface area contributed by atoms with Gasteiger partial charge in [-0.2, -0.15) is 0 Å². The summed E-state index contributed by atoms with van der Waals surface area (Å²) in [6.07, 6.45) is 0.484. The highest BCUT2D eigenvalue weighted by Gasteiger charge is 2.39. The molecule has 1 saturated heterocycles. The van der Waals surface area contributed by atoms with E-state index in [9.17, 15) is 22.8 Å². The Kier molecular flexibility index (Phi) is 4.04. The Morgan fingerprint density at radius 2 is 2.04 bits per heavy atom. The van der Waals surface area contributed by atoms with Crippen molar-refractivity contribution in [1.29, 1.82) is 0 Å². The van der Waals surface area contributed by atoms with Crippen molar-refractivity contribution in [2.45, 2.75) is 32.4 Å². The van der Waals surface area contributed by atoms with Gasteiger partial charge < -0.3 is 4.90 Å². The fourth-order valence-electron chi connectivity index (χ4n) is 2.87. The van der Waals surface area contributed by atoms with E-state index in [1.165, 1.54) is 17.9 Å². The van der Waals surface area contributed by atoms with E-state index >= 15 is 0 Å². The number of hydrogen-bond donors (Lipinski definition) is 2. The number of amides is 3. The van der Waals surface area contributed by atoms with Gasteiger partial charge in [0.2, 0.25) is 21.8 Å². The molecule has 1 aromatic carbocycles. The zero-order chi connectivity index (χ0) is 17.5. The molecule has 2 aliphatic heterocycles. The van der Waals surface area contributed by atoms with Crippen LogP contribution in [-0.4, -0.2) is 42.8 Å². The first-order chi connectivity index (χ1) is 11.3. The predicted molar refractivity (Wildman–Crippen MR) is 85.6 cm³/mol. The van der Waals surface area contributed by atoms with Crippen molar-refractivity contribution in [3.8, 4) is 0 Å². The zero-order valence-electron chi connectivity index (χ0n) is 13.0. The molecule has 2 N–H and O–H groups in total. The number of hydrogen-bond acceptors (Lipinski definition) is 5. The number of rotatable bonds is 4. The fourth-order valence-corrected chi connectivity index (χ4v) is 3.50. The van der Waals surface area contributed by atoms with Gasteiger partial charge in [-0.05, 0) is 31.0 Å². The van der Waals surface area contributed by atoms with Crippen molar-refractivity contribution in [2.75, 3.05) is 10.5 Å². The van der Waals surface area contributed by atoms with Crippen LogP contribution < -0.4 is 10.0 Å². The van der Waals surface area contributed by atoms with Gasteiger partial charge in [0.1, 0.15) is 6.04 Å². The summed E-state index contributed by atoms with van der Waals surface area (Å²) in [6, 6.07) is 4.06. The number of sulfonamides is 1. The number of benzene rings is 1. The second-order valence-corrected chi connectivity index (χ2v) is 7.79. The zero-order valence-corrected chi connectivity index (χ0v) is 13.9. The van der Waals surface area contributed by atoms with Crippen LogP contribution in [0.3, 0.4) is 0 Å². The molecule has 1 fully saturated rings. The Bertz CT molecular complexity index is 834. The maximum atomic E-state index is 12.6. The maximum Gasteiger partial charge on any atom is 0.255 e. The summed E-state index contributed by atoms with van der Waals surface area (Å²) in [5, 5.41) is 2.24. The molecule has 0 radical (unpaired) electrons. The van der Waals surface area contributed by atoms with Crippen LogP contribution in [0, 0.1) is 0 Å². The second-order valence-electron chi connectivity index (χ2n) is 5.78. The standard InChI is InChI=1S/C15H17N3O5S/c1-2-24(22,23)17-10-4-3-9-8-18(15(21)11(9)7-10)12-5-6-13(19)16-14(12)20/h3-4,7,12,17H,2,5-6,8H2,1H3,(H,16,19,20). The topological polar surface area (TPSA) is 113 Å². The van der Waals surface area contributed by atoms with Gasteiger partial charge in [0.25, 0.3) is 5.91 Å². The SMILES string of the molecule is CCS(=O)(=O)Nc1ccc2c(c1)C(=O)N(C1CCC(=O)NC1=O)C2. The van der Waals surface area contributed by atoms with Crippen LogP contribution in [0.1, 0.15) is 35.7 Å². The van der Waals surface area contributed by atoms with Crippen molar-refractivity contribution < 1.29 is 22.8 Å².